The van der Waals surface area contributed by atoms with Crippen molar-refractivity contribution < 1.29 is 19.1 Å². The fraction of sp³-hybridized carbons (Fsp3) is 0.474. The minimum absolute atomic E-state index is 0.0765. The number of allylic oxidation sites excluding steroid dienone is 1. The maximum Gasteiger partial charge on any atom is 0.146 e. The number of ketones is 2. The zero-order valence-electron chi connectivity index (χ0n) is 13.7. The highest BCUT2D eigenvalue weighted by Gasteiger charge is 2.41. The van der Waals surface area contributed by atoms with E-state index in [4.69, 9.17) is 9.47 Å². The van der Waals surface area contributed by atoms with Gasteiger partial charge in [-0.15, -0.1) is 0 Å². The summed E-state index contributed by atoms with van der Waals surface area (Å²) >= 11 is 0. The van der Waals surface area contributed by atoms with Crippen LogP contribution in [-0.4, -0.2) is 25.3 Å². The minimum atomic E-state index is -0.851. The number of ether oxygens (including phenoxy) is 2. The minimum Gasteiger partial charge on any atom is -0.497 e. The molecule has 0 radical (unpaired) electrons. The van der Waals surface area contributed by atoms with Gasteiger partial charge >= 0.3 is 0 Å². The Morgan fingerprint density at radius 1 is 1.22 bits per heavy atom. The van der Waals surface area contributed by atoms with Crippen molar-refractivity contribution in [3.8, 4) is 11.5 Å². The van der Waals surface area contributed by atoms with Crippen LogP contribution in [-0.2, 0) is 9.59 Å². The molecule has 4 nitrogen and oxygen atoms in total. The van der Waals surface area contributed by atoms with Gasteiger partial charge in [0.25, 0.3) is 0 Å². The van der Waals surface area contributed by atoms with Gasteiger partial charge in [-0.3, -0.25) is 9.59 Å². The number of benzene rings is 1. The van der Waals surface area contributed by atoms with Gasteiger partial charge in [0, 0.05) is 30.9 Å². The van der Waals surface area contributed by atoms with Crippen molar-refractivity contribution in [3.63, 3.8) is 0 Å². The number of rotatable bonds is 3. The average Bonchev–Trinajstić information content (AvgIpc) is 2.57. The van der Waals surface area contributed by atoms with E-state index < -0.39 is 5.41 Å². The summed E-state index contributed by atoms with van der Waals surface area (Å²) in [6.45, 7) is 2.40. The van der Waals surface area contributed by atoms with E-state index in [1.807, 2.05) is 18.2 Å². The Balaban J connectivity index is 1.87. The molecular formula is C19H22O4. The molecule has 1 aromatic carbocycles. The largest absolute Gasteiger partial charge is 0.497 e. The van der Waals surface area contributed by atoms with Crippen molar-refractivity contribution >= 4 is 17.1 Å². The first-order valence-electron chi connectivity index (χ1n) is 8.11. The Labute approximate surface area is 136 Å². The molecule has 0 aromatic heterocycles. The second-order valence-electron chi connectivity index (χ2n) is 6.43. The SMILES string of the molecule is COc1ccc2c(c1)OCC/C2=C\CC1(C)C(=O)CCCC1=O. The van der Waals surface area contributed by atoms with Gasteiger partial charge in [-0.25, -0.2) is 0 Å². The lowest BCUT2D eigenvalue weighted by Crippen LogP contribution is -2.39. The van der Waals surface area contributed by atoms with E-state index in [1.165, 1.54) is 0 Å². The molecule has 1 aliphatic heterocycles. The Bertz CT molecular complexity index is 656. The molecule has 0 N–H and O–H groups in total. The van der Waals surface area contributed by atoms with Gasteiger partial charge in [-0.05, 0) is 37.5 Å². The summed E-state index contributed by atoms with van der Waals surface area (Å²) in [5, 5.41) is 0. The Morgan fingerprint density at radius 3 is 2.65 bits per heavy atom. The zero-order chi connectivity index (χ0) is 16.4. The summed E-state index contributed by atoms with van der Waals surface area (Å²) < 4.78 is 10.9. The first-order valence-corrected chi connectivity index (χ1v) is 8.11. The second-order valence-corrected chi connectivity index (χ2v) is 6.43. The van der Waals surface area contributed by atoms with Crippen LogP contribution in [0.1, 0.15) is 44.6 Å². The van der Waals surface area contributed by atoms with Gasteiger partial charge < -0.3 is 9.47 Å². The predicted molar refractivity (Wildman–Crippen MR) is 87.7 cm³/mol. The Morgan fingerprint density at radius 2 is 1.96 bits per heavy atom. The van der Waals surface area contributed by atoms with Gasteiger partial charge in [0.1, 0.15) is 23.1 Å². The van der Waals surface area contributed by atoms with E-state index in [0.717, 1.165) is 29.1 Å². The second kappa shape index (κ2) is 6.19. The van der Waals surface area contributed by atoms with E-state index in [1.54, 1.807) is 14.0 Å². The predicted octanol–water partition coefficient (Wildman–Crippen LogP) is 3.58. The third-order valence-corrected chi connectivity index (χ3v) is 4.96. The molecule has 23 heavy (non-hydrogen) atoms. The molecule has 0 amide bonds. The van der Waals surface area contributed by atoms with E-state index in [2.05, 4.69) is 6.08 Å². The van der Waals surface area contributed by atoms with Crippen molar-refractivity contribution in [1.29, 1.82) is 0 Å². The van der Waals surface area contributed by atoms with Crippen molar-refractivity contribution in [2.45, 2.75) is 39.0 Å². The average molecular weight is 314 g/mol. The third kappa shape index (κ3) is 2.90. The lowest BCUT2D eigenvalue weighted by Gasteiger charge is -2.30. The highest BCUT2D eigenvalue weighted by Crippen LogP contribution is 2.39. The van der Waals surface area contributed by atoms with Crippen LogP contribution in [0.15, 0.2) is 24.3 Å². The molecule has 3 rings (SSSR count). The van der Waals surface area contributed by atoms with Gasteiger partial charge in [0.15, 0.2) is 0 Å². The van der Waals surface area contributed by atoms with Gasteiger partial charge in [-0.1, -0.05) is 6.08 Å². The number of carbonyl (C=O) groups is 2. The van der Waals surface area contributed by atoms with Crippen molar-refractivity contribution in [2.24, 2.45) is 5.41 Å². The normalized spacial score (nSPS) is 21.7. The van der Waals surface area contributed by atoms with Crippen LogP contribution in [0.5, 0.6) is 11.5 Å². The molecule has 0 atom stereocenters. The molecule has 0 bridgehead atoms. The van der Waals surface area contributed by atoms with Gasteiger partial charge in [0.2, 0.25) is 0 Å². The van der Waals surface area contributed by atoms with Crippen LogP contribution in [0, 0.1) is 5.41 Å². The molecule has 1 fully saturated rings. The van der Waals surface area contributed by atoms with Crippen molar-refractivity contribution in [3.05, 3.63) is 29.8 Å². The summed E-state index contributed by atoms with van der Waals surface area (Å²) in [6.07, 6.45) is 5.04. The highest BCUT2D eigenvalue weighted by molar-refractivity contribution is 6.08. The standard InChI is InChI=1S/C19H22O4/c1-19(17(20)4-3-5-18(19)21)10-8-13-9-11-23-16-12-14(22-2)6-7-15(13)16/h6-8,12H,3-5,9-11H2,1-2H3/b13-8+. The molecule has 0 spiro atoms. The molecule has 4 heteroatoms. The van der Waals surface area contributed by atoms with Gasteiger partial charge in [-0.2, -0.15) is 0 Å². The maximum absolute atomic E-state index is 12.2. The summed E-state index contributed by atoms with van der Waals surface area (Å²) in [5.41, 5.74) is 1.31. The topological polar surface area (TPSA) is 52.6 Å². The number of hydrogen-bond donors (Lipinski definition) is 0. The number of fused-ring (bicyclic) bond motifs is 1. The fourth-order valence-corrected chi connectivity index (χ4v) is 3.30. The number of hydrogen-bond acceptors (Lipinski definition) is 4. The first kappa shape index (κ1) is 15.8. The summed E-state index contributed by atoms with van der Waals surface area (Å²) in [4.78, 5) is 24.5. The lowest BCUT2D eigenvalue weighted by molar-refractivity contribution is -0.142. The molecule has 1 heterocycles. The smallest absolute Gasteiger partial charge is 0.146 e. The molecular weight excluding hydrogens is 292 g/mol. The van der Waals surface area contributed by atoms with Crippen LogP contribution in [0.25, 0.3) is 5.57 Å². The van der Waals surface area contributed by atoms with E-state index in [0.29, 0.717) is 32.3 Å². The van der Waals surface area contributed by atoms with E-state index in [-0.39, 0.29) is 11.6 Å². The zero-order valence-corrected chi connectivity index (χ0v) is 13.7. The highest BCUT2D eigenvalue weighted by atomic mass is 16.5. The van der Waals surface area contributed by atoms with E-state index >= 15 is 0 Å². The van der Waals surface area contributed by atoms with E-state index in [9.17, 15) is 9.59 Å². The monoisotopic (exact) mass is 314 g/mol. The van der Waals surface area contributed by atoms with Crippen LogP contribution >= 0.6 is 0 Å². The summed E-state index contributed by atoms with van der Waals surface area (Å²) in [5.74, 6) is 1.71. The molecule has 1 aliphatic carbocycles. The first-order chi connectivity index (χ1) is 11.0. The van der Waals surface area contributed by atoms with Crippen LogP contribution < -0.4 is 9.47 Å². The summed E-state index contributed by atoms with van der Waals surface area (Å²) in [6, 6.07) is 5.76. The summed E-state index contributed by atoms with van der Waals surface area (Å²) in [7, 11) is 1.63. The molecule has 1 saturated carbocycles. The Hall–Kier alpha value is -2.10. The van der Waals surface area contributed by atoms with Gasteiger partial charge in [0.05, 0.1) is 19.1 Å². The van der Waals surface area contributed by atoms with Crippen LogP contribution in [0.3, 0.4) is 0 Å². The molecule has 0 saturated heterocycles. The number of carbonyl (C=O) groups excluding carboxylic acids is 2. The quantitative estimate of drug-likeness (QED) is 0.800. The number of methoxy groups -OCH3 is 1. The molecule has 1 aromatic rings. The molecule has 0 unspecified atom stereocenters. The van der Waals surface area contributed by atoms with Crippen molar-refractivity contribution in [1.82, 2.24) is 0 Å². The molecule has 2 aliphatic rings. The third-order valence-electron chi connectivity index (χ3n) is 4.96. The maximum atomic E-state index is 12.2. The molecule has 122 valence electrons. The van der Waals surface area contributed by atoms with Crippen LogP contribution in [0.4, 0.5) is 0 Å². The Kier molecular flexibility index (Phi) is 4.24. The lowest BCUT2D eigenvalue weighted by atomic mass is 9.71. The number of Topliss-reactive ketones (excluding diaryl/α,β-unsaturated/α-hetero) is 2. The van der Waals surface area contributed by atoms with Crippen LogP contribution in [0.2, 0.25) is 0 Å². The van der Waals surface area contributed by atoms with Crippen molar-refractivity contribution in [2.75, 3.05) is 13.7 Å². The fourth-order valence-electron chi connectivity index (χ4n) is 3.30.